The Hall–Kier alpha value is -2.19. The summed E-state index contributed by atoms with van der Waals surface area (Å²) in [6.45, 7) is 6.05. The molecule has 0 heterocycles. The molecule has 0 saturated carbocycles. The fraction of sp³-hybridized carbons (Fsp3) is 0. The molecule has 0 saturated heterocycles. The molecule has 0 N–H and O–H groups in total. The molecule has 32 heavy (non-hydrogen) atoms. The lowest BCUT2D eigenvalue weighted by atomic mass is 10.3. The van der Waals surface area contributed by atoms with E-state index in [1.807, 2.05) is 0 Å². The van der Waals surface area contributed by atoms with Gasteiger partial charge in [-0.1, -0.05) is 13.2 Å². The number of hydrogen-bond donors (Lipinski definition) is 0. The average Bonchev–Trinajstić information content (AvgIpc) is 2.79. The molecular formula is C18H6Br3F7O4. The maximum Gasteiger partial charge on any atom is 0.335 e. The van der Waals surface area contributed by atoms with E-state index in [-0.39, 0.29) is 0 Å². The molecule has 0 aliphatic heterocycles. The van der Waals surface area contributed by atoms with Crippen molar-refractivity contribution < 1.29 is 49.8 Å². The quantitative estimate of drug-likeness (QED) is 0.0904. The van der Waals surface area contributed by atoms with Crippen LogP contribution in [-0.4, -0.2) is 11.9 Å². The topological polar surface area (TPSA) is 52.6 Å². The van der Waals surface area contributed by atoms with Crippen molar-refractivity contribution in [2.75, 3.05) is 0 Å². The number of benzene rings is 2. The van der Waals surface area contributed by atoms with Crippen molar-refractivity contribution >= 4 is 59.7 Å². The molecule has 0 fully saturated rings. The fourth-order valence-corrected chi connectivity index (χ4v) is 2.76. The Kier molecular flexibility index (Phi) is 10.1. The Balaban J connectivity index is 0.000000320. The van der Waals surface area contributed by atoms with Crippen LogP contribution < -0.4 is 9.47 Å². The molecule has 0 aromatic heterocycles. The zero-order valence-corrected chi connectivity index (χ0v) is 19.7. The van der Waals surface area contributed by atoms with Crippen molar-refractivity contribution in [3.05, 3.63) is 79.4 Å². The van der Waals surface area contributed by atoms with E-state index in [2.05, 4.69) is 70.4 Å². The Bertz CT molecular complexity index is 977. The molecule has 2 aromatic carbocycles. The van der Waals surface area contributed by atoms with Crippen LogP contribution in [0.25, 0.3) is 0 Å². The Labute approximate surface area is 200 Å². The summed E-state index contributed by atoms with van der Waals surface area (Å²) in [4.78, 5) is 21.5. The van der Waals surface area contributed by atoms with Crippen molar-refractivity contribution in [2.45, 2.75) is 0 Å². The van der Waals surface area contributed by atoms with Gasteiger partial charge in [0.25, 0.3) is 0 Å². The van der Waals surface area contributed by atoms with Gasteiger partial charge in [0.1, 0.15) is 4.47 Å². The minimum absolute atomic E-state index is 0.594. The summed E-state index contributed by atoms with van der Waals surface area (Å²) in [5.74, 6) is -15.4. The first kappa shape index (κ1) is 27.8. The number of esters is 2. The highest BCUT2D eigenvalue weighted by molar-refractivity contribution is 9.11. The van der Waals surface area contributed by atoms with Crippen molar-refractivity contribution in [3.63, 3.8) is 0 Å². The number of carbonyl (C=O) groups excluding carboxylic acids is 2. The second-order valence-electron chi connectivity index (χ2n) is 5.05. The van der Waals surface area contributed by atoms with Crippen LogP contribution in [0.3, 0.4) is 0 Å². The smallest absolute Gasteiger partial charge is 0.335 e. The molecule has 0 aliphatic carbocycles. The van der Waals surface area contributed by atoms with Crippen molar-refractivity contribution in [1.29, 1.82) is 0 Å². The lowest BCUT2D eigenvalue weighted by Crippen LogP contribution is -2.09. The molecule has 0 spiro atoms. The highest BCUT2D eigenvalue weighted by Gasteiger charge is 2.27. The molecule has 0 radical (unpaired) electrons. The van der Waals surface area contributed by atoms with Crippen molar-refractivity contribution in [1.82, 2.24) is 0 Å². The van der Waals surface area contributed by atoms with Crippen LogP contribution in [0.4, 0.5) is 30.7 Å². The van der Waals surface area contributed by atoms with E-state index >= 15 is 0 Å². The lowest BCUT2D eigenvalue weighted by Gasteiger charge is -2.09. The van der Waals surface area contributed by atoms with Crippen LogP contribution >= 0.6 is 47.8 Å². The fourth-order valence-electron chi connectivity index (χ4n) is 1.63. The average molecular weight is 659 g/mol. The molecule has 0 aliphatic rings. The second kappa shape index (κ2) is 11.6. The molecule has 2 rings (SSSR count). The summed E-state index contributed by atoms with van der Waals surface area (Å²) >= 11 is 7.39. The standard InChI is InChI=1S/C9H3Br2F3O2.C9H3BrF4O2/c1-2-3(15)16-9-5(11)7(13)6(12)4(10)8(9)14;1-2-3(15)16-9-7(13)5(11)4(10)6(12)8(9)14/h2*2H,1H2. The van der Waals surface area contributed by atoms with E-state index in [0.29, 0.717) is 6.08 Å². The van der Waals surface area contributed by atoms with Crippen molar-refractivity contribution in [2.24, 2.45) is 0 Å². The van der Waals surface area contributed by atoms with Gasteiger partial charge in [0.05, 0.1) is 8.95 Å². The predicted molar refractivity (Wildman–Crippen MR) is 107 cm³/mol. The molecule has 4 nitrogen and oxygen atoms in total. The van der Waals surface area contributed by atoms with Crippen LogP contribution in [0.2, 0.25) is 0 Å². The minimum Gasteiger partial charge on any atom is -0.419 e. The van der Waals surface area contributed by atoms with Gasteiger partial charge in [0, 0.05) is 12.2 Å². The number of halogens is 10. The first-order valence-electron chi connectivity index (χ1n) is 7.51. The van der Waals surface area contributed by atoms with Crippen LogP contribution in [0.1, 0.15) is 0 Å². The van der Waals surface area contributed by atoms with Gasteiger partial charge in [-0.05, 0) is 47.8 Å². The van der Waals surface area contributed by atoms with Gasteiger partial charge in [-0.25, -0.2) is 31.5 Å². The molecule has 2 aromatic rings. The number of ether oxygens (including phenoxy) is 2. The predicted octanol–water partition coefficient (Wildman–Crippen LogP) is 6.82. The van der Waals surface area contributed by atoms with Crippen LogP contribution in [-0.2, 0) is 9.59 Å². The summed E-state index contributed by atoms with van der Waals surface area (Å²) < 4.78 is 97.7. The highest BCUT2D eigenvalue weighted by atomic mass is 79.9. The molecule has 0 bridgehead atoms. The SMILES string of the molecule is C=CC(=O)Oc1c(F)c(Br)c(F)c(F)c1Br.C=CC(=O)Oc1c(F)c(F)c(Br)c(F)c1F. The van der Waals surface area contributed by atoms with Gasteiger partial charge in [-0.3, -0.25) is 0 Å². The van der Waals surface area contributed by atoms with E-state index in [4.69, 9.17) is 0 Å². The van der Waals surface area contributed by atoms with Crippen LogP contribution in [0, 0.1) is 40.7 Å². The van der Waals surface area contributed by atoms with E-state index in [9.17, 15) is 40.3 Å². The number of carbonyl (C=O) groups is 2. The Morgan fingerprint density at radius 3 is 1.28 bits per heavy atom. The molecule has 0 atom stereocenters. The molecule has 172 valence electrons. The summed E-state index contributed by atoms with van der Waals surface area (Å²) in [5.41, 5.74) is 0. The summed E-state index contributed by atoms with van der Waals surface area (Å²) in [5, 5.41) is 0. The minimum atomic E-state index is -1.80. The van der Waals surface area contributed by atoms with E-state index < -0.39 is 77.6 Å². The lowest BCUT2D eigenvalue weighted by molar-refractivity contribution is -0.130. The molecule has 0 unspecified atom stereocenters. The van der Waals surface area contributed by atoms with E-state index in [1.165, 1.54) is 0 Å². The monoisotopic (exact) mass is 656 g/mol. The summed E-state index contributed by atoms with van der Waals surface area (Å²) in [7, 11) is 0. The van der Waals surface area contributed by atoms with Gasteiger partial charge < -0.3 is 9.47 Å². The van der Waals surface area contributed by atoms with Gasteiger partial charge in [-0.15, -0.1) is 0 Å². The van der Waals surface area contributed by atoms with E-state index in [0.717, 1.165) is 6.08 Å². The normalized spacial score (nSPS) is 10.1. The van der Waals surface area contributed by atoms with Crippen LogP contribution in [0.15, 0.2) is 38.7 Å². The third-order valence-corrected chi connectivity index (χ3v) is 5.18. The van der Waals surface area contributed by atoms with Gasteiger partial charge >= 0.3 is 11.9 Å². The van der Waals surface area contributed by atoms with Crippen LogP contribution in [0.5, 0.6) is 11.5 Å². The second-order valence-corrected chi connectivity index (χ2v) is 7.43. The third kappa shape index (κ3) is 5.98. The number of rotatable bonds is 4. The molecular weight excluding hydrogens is 653 g/mol. The van der Waals surface area contributed by atoms with Crippen molar-refractivity contribution in [3.8, 4) is 11.5 Å². The Morgan fingerprint density at radius 2 is 0.875 bits per heavy atom. The third-order valence-electron chi connectivity index (χ3n) is 3.08. The maximum absolute atomic E-state index is 13.4. The molecule has 0 amide bonds. The summed E-state index contributed by atoms with van der Waals surface area (Å²) in [6.07, 6.45) is 1.36. The summed E-state index contributed by atoms with van der Waals surface area (Å²) in [6, 6.07) is 0. The van der Waals surface area contributed by atoms with Gasteiger partial charge in [0.15, 0.2) is 34.8 Å². The largest absolute Gasteiger partial charge is 0.419 e. The maximum atomic E-state index is 13.4. The first-order chi connectivity index (χ1) is 14.8. The molecule has 14 heteroatoms. The zero-order valence-electron chi connectivity index (χ0n) is 15.0. The number of hydrogen-bond acceptors (Lipinski definition) is 4. The van der Waals surface area contributed by atoms with E-state index in [1.54, 1.807) is 0 Å². The van der Waals surface area contributed by atoms with Gasteiger partial charge in [0.2, 0.25) is 17.4 Å². The first-order valence-corrected chi connectivity index (χ1v) is 9.89. The zero-order chi connectivity index (χ0) is 24.9. The highest BCUT2D eigenvalue weighted by Crippen LogP contribution is 2.38. The van der Waals surface area contributed by atoms with Gasteiger partial charge in [-0.2, -0.15) is 8.78 Å². The Morgan fingerprint density at radius 1 is 0.562 bits per heavy atom.